The Balaban J connectivity index is 1.27. The summed E-state index contributed by atoms with van der Waals surface area (Å²) in [6, 6.07) is 13.4. The molecule has 0 aliphatic carbocycles. The number of benzene rings is 2. The summed E-state index contributed by atoms with van der Waals surface area (Å²) in [5.41, 5.74) is 8.73. The Morgan fingerprint density at radius 2 is 1.88 bits per heavy atom. The summed E-state index contributed by atoms with van der Waals surface area (Å²) in [4.78, 5) is 43.6. The fourth-order valence-corrected chi connectivity index (χ4v) is 5.45. The second kappa shape index (κ2) is 14.0. The molecule has 10 heteroatoms. The minimum Gasteiger partial charge on any atom is -0.507 e. The monoisotopic (exact) mass is 575 g/mol. The number of hydrogen-bond acceptors (Lipinski definition) is 6. The van der Waals surface area contributed by atoms with Crippen molar-refractivity contribution in [1.82, 2.24) is 20.5 Å². The average molecular weight is 576 g/mol. The quantitative estimate of drug-likeness (QED) is 0.239. The molecule has 1 aliphatic heterocycles. The van der Waals surface area contributed by atoms with E-state index in [0.717, 1.165) is 42.6 Å². The van der Waals surface area contributed by atoms with Crippen LogP contribution >= 0.6 is 0 Å². The van der Waals surface area contributed by atoms with E-state index in [0.29, 0.717) is 42.5 Å². The maximum Gasteiger partial charge on any atom is 0.315 e. The van der Waals surface area contributed by atoms with Crippen molar-refractivity contribution in [1.29, 1.82) is 0 Å². The van der Waals surface area contributed by atoms with Gasteiger partial charge in [0.05, 0.1) is 18.3 Å². The van der Waals surface area contributed by atoms with Crippen LogP contribution in [0.5, 0.6) is 11.5 Å². The Kier molecular flexibility index (Phi) is 10.2. The molecule has 0 spiro atoms. The van der Waals surface area contributed by atoms with Crippen LogP contribution in [-0.4, -0.2) is 65.1 Å². The van der Waals surface area contributed by atoms with Gasteiger partial charge in [-0.1, -0.05) is 50.6 Å². The number of unbranched alkanes of at least 4 members (excludes halogenated alkanes) is 2. The highest BCUT2D eigenvalue weighted by atomic mass is 16.5. The number of rotatable bonds is 12. The molecule has 0 saturated carbocycles. The van der Waals surface area contributed by atoms with Crippen molar-refractivity contribution < 1.29 is 24.2 Å². The molecule has 2 atom stereocenters. The molecule has 10 nitrogen and oxygen atoms in total. The van der Waals surface area contributed by atoms with Crippen molar-refractivity contribution in [2.75, 3.05) is 20.2 Å². The number of nitrogens with one attached hydrogen (secondary N) is 2. The van der Waals surface area contributed by atoms with E-state index in [2.05, 4.69) is 10.6 Å². The Morgan fingerprint density at radius 1 is 1.12 bits per heavy atom. The number of hydrogen-bond donors (Lipinski definition) is 4. The van der Waals surface area contributed by atoms with Gasteiger partial charge in [-0.15, -0.1) is 0 Å². The van der Waals surface area contributed by atoms with Gasteiger partial charge in [0.2, 0.25) is 11.8 Å². The molecule has 2 heterocycles. The van der Waals surface area contributed by atoms with Crippen LogP contribution in [0, 0.1) is 5.92 Å². The molecular formula is C32H41N5O5. The number of aromatic hydroxyl groups is 1. The lowest BCUT2D eigenvalue weighted by atomic mass is 10.0. The largest absolute Gasteiger partial charge is 0.507 e. The van der Waals surface area contributed by atoms with Crippen molar-refractivity contribution in [3.63, 3.8) is 0 Å². The Bertz CT molecular complexity index is 1410. The number of aromatic nitrogens is 1. The summed E-state index contributed by atoms with van der Waals surface area (Å²) < 4.78 is 5.64. The Hall–Kier alpha value is -4.34. The van der Waals surface area contributed by atoms with Gasteiger partial charge in [-0.05, 0) is 49.7 Å². The first-order valence-electron chi connectivity index (χ1n) is 14.6. The molecule has 5 N–H and O–H groups in total. The molecule has 2 aromatic carbocycles. The predicted octanol–water partition coefficient (Wildman–Crippen LogP) is 4.13. The first-order valence-corrected chi connectivity index (χ1v) is 14.6. The molecule has 1 saturated heterocycles. The van der Waals surface area contributed by atoms with Gasteiger partial charge in [0.15, 0.2) is 0 Å². The first-order chi connectivity index (χ1) is 20.2. The minimum atomic E-state index is -0.736. The zero-order valence-corrected chi connectivity index (χ0v) is 24.6. The van der Waals surface area contributed by atoms with Gasteiger partial charge < -0.3 is 31.1 Å². The second-order valence-corrected chi connectivity index (χ2v) is 11.1. The standard InChI is InChI=1S/C32H41N5O5/c1-20(2)29(31(40)37-16-10-14-26(37)30(33)39)36-32(41)34-15-9-5-8-13-22-17-23-25(19-28(22)42-3)35-24(18-27(23)38)21-11-6-4-7-12-21/h4,6-7,11-12,17-20,26,29H,5,8-10,13-16H2,1-3H3,(H2,33,39)(H,35,38)(H2,34,36,41)/t26-,29-/m0/s1. The van der Waals surface area contributed by atoms with Gasteiger partial charge in [0, 0.05) is 36.2 Å². The third-order valence-corrected chi connectivity index (χ3v) is 7.75. The molecule has 42 heavy (non-hydrogen) atoms. The van der Waals surface area contributed by atoms with Crippen LogP contribution in [0.4, 0.5) is 4.79 Å². The maximum atomic E-state index is 13.1. The molecule has 3 aromatic rings. The number of pyridine rings is 1. The smallest absolute Gasteiger partial charge is 0.315 e. The third-order valence-electron chi connectivity index (χ3n) is 7.75. The molecule has 4 rings (SSSR count). The number of likely N-dealkylation sites (tertiary alicyclic amines) is 1. The lowest BCUT2D eigenvalue weighted by Crippen LogP contribution is -2.56. The molecule has 1 aromatic heterocycles. The number of urea groups is 1. The van der Waals surface area contributed by atoms with Crippen molar-refractivity contribution in [2.24, 2.45) is 11.7 Å². The number of primary amides is 1. The third kappa shape index (κ3) is 7.29. The van der Waals surface area contributed by atoms with Gasteiger partial charge in [0.1, 0.15) is 23.6 Å². The van der Waals surface area contributed by atoms with Crippen LogP contribution in [0.15, 0.2) is 48.5 Å². The Labute approximate surface area is 246 Å². The van der Waals surface area contributed by atoms with E-state index in [9.17, 15) is 19.5 Å². The number of carbonyl (C=O) groups excluding carboxylic acids is 3. The van der Waals surface area contributed by atoms with E-state index in [1.165, 1.54) is 4.90 Å². The summed E-state index contributed by atoms with van der Waals surface area (Å²) in [6.45, 7) is 4.64. The number of fused-ring (bicyclic) bond motifs is 1. The summed E-state index contributed by atoms with van der Waals surface area (Å²) in [5.74, 6) is -0.0407. The van der Waals surface area contributed by atoms with Crippen LogP contribution < -0.4 is 21.1 Å². The number of ether oxygens (including phenoxy) is 1. The summed E-state index contributed by atoms with van der Waals surface area (Å²) >= 11 is 0. The minimum absolute atomic E-state index is 0.145. The SMILES string of the molecule is COc1cc2nc(-c3ccccc3)cc(O)c2cc1CCCCCNC(=O)N[C@H](C(=O)N1CCC[C@H]1C(N)=O)C(C)C. The van der Waals surface area contributed by atoms with Crippen molar-refractivity contribution in [3.05, 3.63) is 54.1 Å². The number of nitrogens with zero attached hydrogens (tertiary/aromatic N) is 2. The summed E-state index contributed by atoms with van der Waals surface area (Å²) in [5, 5.41) is 17.1. The highest BCUT2D eigenvalue weighted by molar-refractivity contribution is 5.92. The van der Waals surface area contributed by atoms with Gasteiger partial charge >= 0.3 is 6.03 Å². The zero-order valence-electron chi connectivity index (χ0n) is 24.6. The van der Waals surface area contributed by atoms with Crippen LogP contribution in [-0.2, 0) is 16.0 Å². The molecule has 224 valence electrons. The van der Waals surface area contributed by atoms with Gasteiger partial charge in [-0.2, -0.15) is 0 Å². The molecule has 1 fully saturated rings. The molecule has 0 radical (unpaired) electrons. The lowest BCUT2D eigenvalue weighted by Gasteiger charge is -2.29. The van der Waals surface area contributed by atoms with Crippen LogP contribution in [0.2, 0.25) is 0 Å². The Morgan fingerprint density at radius 3 is 2.57 bits per heavy atom. The van der Waals surface area contributed by atoms with Gasteiger partial charge in [-0.3, -0.25) is 9.59 Å². The van der Waals surface area contributed by atoms with Gasteiger partial charge in [0.25, 0.3) is 0 Å². The number of methoxy groups -OCH3 is 1. The van der Waals surface area contributed by atoms with E-state index in [-0.39, 0.29) is 17.6 Å². The number of amides is 4. The average Bonchev–Trinajstić information content (AvgIpc) is 3.48. The molecule has 1 aliphatic rings. The molecule has 0 bridgehead atoms. The number of aryl methyl sites for hydroxylation is 1. The number of nitrogens with two attached hydrogens (primary N) is 1. The highest BCUT2D eigenvalue weighted by Gasteiger charge is 2.37. The van der Waals surface area contributed by atoms with Crippen molar-refractivity contribution in [2.45, 2.75) is 64.5 Å². The van der Waals surface area contributed by atoms with Gasteiger partial charge in [-0.25, -0.2) is 9.78 Å². The topological polar surface area (TPSA) is 147 Å². The lowest BCUT2D eigenvalue weighted by molar-refractivity contribution is -0.139. The van der Waals surface area contributed by atoms with E-state index in [1.54, 1.807) is 13.2 Å². The van der Waals surface area contributed by atoms with Crippen LogP contribution in [0.1, 0.15) is 51.5 Å². The first kappa shape index (κ1) is 30.6. The summed E-state index contributed by atoms with van der Waals surface area (Å²) in [6.07, 6.45) is 4.49. The van der Waals surface area contributed by atoms with Crippen LogP contribution in [0.3, 0.4) is 0 Å². The van der Waals surface area contributed by atoms with E-state index in [1.807, 2.05) is 56.3 Å². The summed E-state index contributed by atoms with van der Waals surface area (Å²) in [7, 11) is 1.63. The highest BCUT2D eigenvalue weighted by Crippen LogP contribution is 2.34. The predicted molar refractivity (Wildman–Crippen MR) is 162 cm³/mol. The van der Waals surface area contributed by atoms with E-state index < -0.39 is 24.0 Å². The number of carbonyl (C=O) groups is 3. The fourth-order valence-electron chi connectivity index (χ4n) is 5.45. The fraction of sp³-hybridized carbons (Fsp3) is 0.438. The van der Waals surface area contributed by atoms with Crippen LogP contribution in [0.25, 0.3) is 22.2 Å². The zero-order chi connectivity index (χ0) is 30.2. The maximum absolute atomic E-state index is 13.1. The van der Waals surface area contributed by atoms with E-state index >= 15 is 0 Å². The second-order valence-electron chi connectivity index (χ2n) is 11.1. The normalized spacial score (nSPS) is 15.5. The van der Waals surface area contributed by atoms with E-state index in [4.69, 9.17) is 15.5 Å². The molecule has 4 amide bonds. The molecule has 0 unspecified atom stereocenters. The molecular weight excluding hydrogens is 534 g/mol. The van der Waals surface area contributed by atoms with Crippen molar-refractivity contribution in [3.8, 4) is 22.8 Å². The van der Waals surface area contributed by atoms with Crippen molar-refractivity contribution >= 4 is 28.7 Å².